The molecule has 1 aromatic rings. The van der Waals surface area contributed by atoms with E-state index in [2.05, 4.69) is 22.9 Å². The minimum absolute atomic E-state index is 0.254. The first-order chi connectivity index (χ1) is 7.16. The van der Waals surface area contributed by atoms with Gasteiger partial charge in [0.1, 0.15) is 5.78 Å². The molecule has 1 aromatic carbocycles. The van der Waals surface area contributed by atoms with E-state index in [9.17, 15) is 4.79 Å². The van der Waals surface area contributed by atoms with E-state index < -0.39 is 0 Å². The molecule has 0 N–H and O–H groups in total. The fraction of sp³-hybridized carbons (Fsp3) is 0.462. The highest BCUT2D eigenvalue weighted by molar-refractivity contribution is 9.10. The van der Waals surface area contributed by atoms with E-state index >= 15 is 0 Å². The van der Waals surface area contributed by atoms with Gasteiger partial charge in [0.2, 0.25) is 0 Å². The van der Waals surface area contributed by atoms with Gasteiger partial charge in [0.25, 0.3) is 0 Å². The summed E-state index contributed by atoms with van der Waals surface area (Å²) in [6.07, 6.45) is 3.06. The van der Waals surface area contributed by atoms with Crippen LogP contribution in [0.15, 0.2) is 28.7 Å². The lowest BCUT2D eigenvalue weighted by Crippen LogP contribution is -2.15. The molecule has 0 radical (unpaired) electrons. The van der Waals surface area contributed by atoms with Crippen LogP contribution >= 0.6 is 15.9 Å². The monoisotopic (exact) mass is 266 g/mol. The van der Waals surface area contributed by atoms with Crippen LogP contribution in [0.4, 0.5) is 0 Å². The van der Waals surface area contributed by atoms with Gasteiger partial charge in [-0.2, -0.15) is 0 Å². The van der Waals surface area contributed by atoms with Crippen LogP contribution in [0.5, 0.6) is 0 Å². The number of ketones is 1. The van der Waals surface area contributed by atoms with E-state index in [4.69, 9.17) is 0 Å². The molecular weight excluding hydrogens is 252 g/mol. The minimum atomic E-state index is 0.254. The quantitative estimate of drug-likeness (QED) is 0.814. The highest BCUT2D eigenvalue weighted by Crippen LogP contribution is 2.37. The maximum absolute atomic E-state index is 11.9. The first-order valence-electron chi connectivity index (χ1n) is 5.44. The highest BCUT2D eigenvalue weighted by atomic mass is 79.9. The maximum atomic E-state index is 11.9. The summed E-state index contributed by atoms with van der Waals surface area (Å²) < 4.78 is 1.05. The number of hydrogen-bond donors (Lipinski definition) is 0. The molecule has 1 aliphatic carbocycles. The van der Waals surface area contributed by atoms with Crippen molar-refractivity contribution in [3.63, 3.8) is 0 Å². The number of carbonyl (C=O) groups is 1. The van der Waals surface area contributed by atoms with Crippen molar-refractivity contribution >= 4 is 21.7 Å². The van der Waals surface area contributed by atoms with Gasteiger partial charge in [0.15, 0.2) is 0 Å². The van der Waals surface area contributed by atoms with E-state index in [1.807, 2.05) is 24.3 Å². The normalized spacial score (nSPS) is 17.5. The molecule has 80 valence electrons. The summed E-state index contributed by atoms with van der Waals surface area (Å²) in [6, 6.07) is 8.01. The summed E-state index contributed by atoms with van der Waals surface area (Å²) in [4.78, 5) is 11.9. The zero-order valence-corrected chi connectivity index (χ0v) is 10.5. The van der Waals surface area contributed by atoms with Gasteiger partial charge in [0, 0.05) is 16.8 Å². The Bertz CT molecular complexity index is 369. The van der Waals surface area contributed by atoms with Gasteiger partial charge in [0.05, 0.1) is 0 Å². The van der Waals surface area contributed by atoms with Crippen LogP contribution < -0.4 is 0 Å². The summed E-state index contributed by atoms with van der Waals surface area (Å²) in [7, 11) is 0. The molecule has 2 heteroatoms. The third kappa shape index (κ3) is 2.91. The molecule has 1 saturated carbocycles. The van der Waals surface area contributed by atoms with Crippen molar-refractivity contribution < 1.29 is 4.79 Å². The number of halogens is 1. The Kier molecular flexibility index (Phi) is 3.25. The van der Waals surface area contributed by atoms with Crippen molar-refractivity contribution in [1.82, 2.24) is 0 Å². The second kappa shape index (κ2) is 4.48. The zero-order chi connectivity index (χ0) is 10.8. The number of rotatable bonds is 4. The molecule has 0 bridgehead atoms. The molecule has 1 nitrogen and oxygen atoms in total. The lowest BCUT2D eigenvalue weighted by molar-refractivity contribution is -0.122. The number of benzene rings is 1. The average molecular weight is 267 g/mol. The van der Waals surface area contributed by atoms with Gasteiger partial charge in [-0.25, -0.2) is 0 Å². The van der Waals surface area contributed by atoms with Crippen molar-refractivity contribution in [1.29, 1.82) is 0 Å². The van der Waals surface area contributed by atoms with E-state index in [0.717, 1.165) is 10.0 Å². The van der Waals surface area contributed by atoms with Gasteiger partial charge >= 0.3 is 0 Å². The molecule has 2 rings (SSSR count). The minimum Gasteiger partial charge on any atom is -0.299 e. The Hall–Kier alpha value is -0.630. The average Bonchev–Trinajstić information content (AvgIpc) is 2.99. The smallest absolute Gasteiger partial charge is 0.140 e. The standard InChI is InChI=1S/C13H15BrO/c1-9(11-5-6-11)13(15)8-10-3-2-4-12(14)7-10/h2-4,7,9,11H,5-6,8H2,1H3. The molecule has 1 unspecified atom stereocenters. The second-order valence-corrected chi connectivity index (χ2v) is 5.31. The van der Waals surface area contributed by atoms with Crippen LogP contribution in [-0.4, -0.2) is 5.78 Å². The lowest BCUT2D eigenvalue weighted by atomic mass is 9.95. The second-order valence-electron chi connectivity index (χ2n) is 4.40. The van der Waals surface area contributed by atoms with Crippen molar-refractivity contribution in [3.05, 3.63) is 34.3 Å². The van der Waals surface area contributed by atoms with Gasteiger partial charge < -0.3 is 0 Å². The van der Waals surface area contributed by atoms with Gasteiger partial charge in [-0.15, -0.1) is 0 Å². The first-order valence-corrected chi connectivity index (χ1v) is 6.23. The predicted molar refractivity (Wildman–Crippen MR) is 64.7 cm³/mol. The summed E-state index contributed by atoms with van der Waals surface area (Å²) in [6.45, 7) is 2.07. The maximum Gasteiger partial charge on any atom is 0.140 e. The zero-order valence-electron chi connectivity index (χ0n) is 8.87. The van der Waals surface area contributed by atoms with Gasteiger partial charge in [-0.1, -0.05) is 35.0 Å². The molecule has 0 heterocycles. The fourth-order valence-corrected chi connectivity index (χ4v) is 2.31. The van der Waals surface area contributed by atoms with Gasteiger partial charge in [-0.05, 0) is 36.5 Å². The largest absolute Gasteiger partial charge is 0.299 e. The Morgan fingerprint density at radius 2 is 2.27 bits per heavy atom. The summed E-state index contributed by atoms with van der Waals surface area (Å²) in [5, 5.41) is 0. The molecule has 1 fully saturated rings. The van der Waals surface area contributed by atoms with E-state index in [0.29, 0.717) is 18.1 Å². The third-order valence-electron chi connectivity index (χ3n) is 3.10. The lowest BCUT2D eigenvalue weighted by Gasteiger charge is -2.08. The van der Waals surface area contributed by atoms with Crippen molar-refractivity contribution in [2.75, 3.05) is 0 Å². The van der Waals surface area contributed by atoms with Crippen LogP contribution in [0.25, 0.3) is 0 Å². The number of hydrogen-bond acceptors (Lipinski definition) is 1. The van der Waals surface area contributed by atoms with Crippen LogP contribution in [0, 0.1) is 11.8 Å². The van der Waals surface area contributed by atoms with Crippen LogP contribution in [0.3, 0.4) is 0 Å². The topological polar surface area (TPSA) is 17.1 Å². The van der Waals surface area contributed by atoms with Crippen molar-refractivity contribution in [3.8, 4) is 0 Å². The van der Waals surface area contributed by atoms with Gasteiger partial charge in [-0.3, -0.25) is 4.79 Å². The summed E-state index contributed by atoms with van der Waals surface area (Å²) in [5.41, 5.74) is 1.11. The third-order valence-corrected chi connectivity index (χ3v) is 3.60. The molecule has 0 aliphatic heterocycles. The van der Waals surface area contributed by atoms with Crippen molar-refractivity contribution in [2.24, 2.45) is 11.8 Å². The Morgan fingerprint density at radius 3 is 2.87 bits per heavy atom. The number of carbonyl (C=O) groups excluding carboxylic acids is 1. The molecule has 1 aliphatic rings. The molecule has 0 saturated heterocycles. The summed E-state index contributed by atoms with van der Waals surface area (Å²) >= 11 is 3.42. The number of Topliss-reactive ketones (excluding diaryl/α,β-unsaturated/α-hetero) is 1. The highest BCUT2D eigenvalue weighted by Gasteiger charge is 2.32. The van der Waals surface area contributed by atoms with E-state index in [1.165, 1.54) is 12.8 Å². The molecule has 15 heavy (non-hydrogen) atoms. The van der Waals surface area contributed by atoms with E-state index in [-0.39, 0.29) is 5.92 Å². The first kappa shape index (κ1) is 10.9. The molecule has 0 aromatic heterocycles. The van der Waals surface area contributed by atoms with E-state index in [1.54, 1.807) is 0 Å². The Balaban J connectivity index is 1.98. The SMILES string of the molecule is CC(C(=O)Cc1cccc(Br)c1)C1CC1. The Labute approximate surface area is 99.0 Å². The van der Waals surface area contributed by atoms with Crippen molar-refractivity contribution in [2.45, 2.75) is 26.2 Å². The summed E-state index contributed by atoms with van der Waals surface area (Å²) in [5.74, 6) is 1.31. The Morgan fingerprint density at radius 1 is 1.53 bits per heavy atom. The van der Waals surface area contributed by atoms with Crippen LogP contribution in [-0.2, 0) is 11.2 Å². The molecule has 0 spiro atoms. The van der Waals surface area contributed by atoms with Crippen LogP contribution in [0.2, 0.25) is 0 Å². The molecular formula is C13H15BrO. The predicted octanol–water partition coefficient (Wildman–Crippen LogP) is 3.61. The molecule has 1 atom stereocenters. The van der Waals surface area contributed by atoms with Crippen LogP contribution in [0.1, 0.15) is 25.3 Å². The fourth-order valence-electron chi connectivity index (χ4n) is 1.87. The molecule has 0 amide bonds.